The highest BCUT2D eigenvalue weighted by Crippen LogP contribution is 2.27. The van der Waals surface area contributed by atoms with Crippen molar-refractivity contribution in [3.63, 3.8) is 0 Å². The molecular formula is C21H19BrFN3O3. The van der Waals surface area contributed by atoms with Crippen LogP contribution in [0.4, 0.5) is 10.2 Å². The van der Waals surface area contributed by atoms with Crippen molar-refractivity contribution < 1.29 is 19.0 Å². The molecular weight excluding hydrogens is 441 g/mol. The third-order valence-corrected chi connectivity index (χ3v) is 4.68. The van der Waals surface area contributed by atoms with Gasteiger partial charge in [-0.3, -0.25) is 0 Å². The molecule has 0 amide bonds. The highest BCUT2D eigenvalue weighted by molar-refractivity contribution is 9.10. The second kappa shape index (κ2) is 9.47. The van der Waals surface area contributed by atoms with Gasteiger partial charge in [0, 0.05) is 22.6 Å². The maximum Gasteiger partial charge on any atom is 0.339 e. The molecule has 6 nitrogen and oxygen atoms in total. The van der Waals surface area contributed by atoms with Crippen LogP contribution >= 0.6 is 15.9 Å². The first-order valence-corrected chi connectivity index (χ1v) is 9.77. The number of hydrogen-bond acceptors (Lipinski definition) is 5. The lowest BCUT2D eigenvalue weighted by Gasteiger charge is -2.11. The predicted molar refractivity (Wildman–Crippen MR) is 112 cm³/mol. The van der Waals surface area contributed by atoms with E-state index in [4.69, 9.17) is 4.74 Å². The normalized spacial score (nSPS) is 10.6. The van der Waals surface area contributed by atoms with Crippen LogP contribution in [0.3, 0.4) is 0 Å². The summed E-state index contributed by atoms with van der Waals surface area (Å²) in [5, 5.41) is 12.4. The molecule has 0 saturated carbocycles. The van der Waals surface area contributed by atoms with Crippen LogP contribution in [0.15, 0.2) is 53.3 Å². The van der Waals surface area contributed by atoms with Gasteiger partial charge in [0.15, 0.2) is 0 Å². The maximum absolute atomic E-state index is 13.9. The van der Waals surface area contributed by atoms with E-state index >= 15 is 0 Å². The first kappa shape index (κ1) is 20.7. The fourth-order valence-corrected chi connectivity index (χ4v) is 3.13. The van der Waals surface area contributed by atoms with Crippen molar-refractivity contribution in [2.75, 3.05) is 18.5 Å². The molecule has 0 spiro atoms. The van der Waals surface area contributed by atoms with Gasteiger partial charge in [-0.15, -0.1) is 0 Å². The lowest BCUT2D eigenvalue weighted by Crippen LogP contribution is -2.08. The number of hydrogen-bond donors (Lipinski definition) is 2. The molecule has 3 rings (SSSR count). The molecule has 29 heavy (non-hydrogen) atoms. The van der Waals surface area contributed by atoms with E-state index in [1.807, 2.05) is 0 Å². The van der Waals surface area contributed by atoms with Crippen LogP contribution < -0.4 is 10.1 Å². The highest BCUT2D eigenvalue weighted by Gasteiger charge is 2.13. The zero-order valence-corrected chi connectivity index (χ0v) is 17.2. The molecule has 0 atom stereocenters. The number of anilines is 1. The number of carboxylic acids is 1. The number of ether oxygens (including phenoxy) is 1. The average Bonchev–Trinajstić information content (AvgIpc) is 2.70. The Morgan fingerprint density at radius 1 is 1.21 bits per heavy atom. The van der Waals surface area contributed by atoms with Crippen molar-refractivity contribution in [1.29, 1.82) is 0 Å². The van der Waals surface area contributed by atoms with Gasteiger partial charge in [-0.05, 0) is 43.2 Å². The topological polar surface area (TPSA) is 84.3 Å². The van der Waals surface area contributed by atoms with Crippen molar-refractivity contribution in [2.45, 2.75) is 13.3 Å². The Morgan fingerprint density at radius 3 is 2.76 bits per heavy atom. The molecule has 150 valence electrons. The Labute approximate surface area is 175 Å². The van der Waals surface area contributed by atoms with Crippen molar-refractivity contribution in [2.24, 2.45) is 0 Å². The molecule has 0 aliphatic carbocycles. The summed E-state index contributed by atoms with van der Waals surface area (Å²) in [5.74, 6) is -0.430. The van der Waals surface area contributed by atoms with Crippen molar-refractivity contribution >= 4 is 27.7 Å². The third-order valence-electron chi connectivity index (χ3n) is 4.19. The summed E-state index contributed by atoms with van der Waals surface area (Å²) in [4.78, 5) is 19.8. The minimum absolute atomic E-state index is 0.0968. The Balaban J connectivity index is 1.73. The van der Waals surface area contributed by atoms with Gasteiger partial charge in [-0.1, -0.05) is 28.1 Å². The van der Waals surface area contributed by atoms with E-state index in [9.17, 15) is 14.3 Å². The number of halogens is 2. The molecule has 0 radical (unpaired) electrons. The third kappa shape index (κ3) is 5.29. The number of aromatic carboxylic acids is 1. The number of nitrogens with zero attached hydrogens (tertiary/aromatic N) is 2. The average molecular weight is 460 g/mol. The van der Waals surface area contributed by atoms with Crippen molar-refractivity contribution in [3.05, 3.63) is 70.2 Å². The van der Waals surface area contributed by atoms with E-state index in [-0.39, 0.29) is 17.1 Å². The Kier molecular flexibility index (Phi) is 6.77. The minimum Gasteiger partial charge on any atom is -0.493 e. The van der Waals surface area contributed by atoms with Gasteiger partial charge in [-0.2, -0.15) is 0 Å². The van der Waals surface area contributed by atoms with Gasteiger partial charge >= 0.3 is 5.97 Å². The van der Waals surface area contributed by atoms with Crippen LogP contribution in [0.1, 0.15) is 22.8 Å². The lowest BCUT2D eigenvalue weighted by molar-refractivity contribution is 0.0692. The molecule has 0 aliphatic rings. The monoisotopic (exact) mass is 459 g/mol. The summed E-state index contributed by atoms with van der Waals surface area (Å²) < 4.78 is 20.1. The van der Waals surface area contributed by atoms with Crippen LogP contribution in [-0.2, 0) is 6.42 Å². The zero-order chi connectivity index (χ0) is 20.8. The molecule has 3 aromatic rings. The molecule has 0 saturated heterocycles. The van der Waals surface area contributed by atoms with Crippen LogP contribution in [0, 0.1) is 5.82 Å². The molecule has 1 aromatic heterocycles. The van der Waals surface area contributed by atoms with E-state index < -0.39 is 5.97 Å². The Hall–Kier alpha value is -3.00. The molecule has 8 heteroatoms. The number of nitrogens with one attached hydrogen (secondary N) is 1. The molecule has 2 N–H and O–H groups in total. The largest absolute Gasteiger partial charge is 0.493 e. The fourth-order valence-electron chi connectivity index (χ4n) is 2.79. The van der Waals surface area contributed by atoms with Gasteiger partial charge < -0.3 is 15.2 Å². The van der Waals surface area contributed by atoms with Crippen molar-refractivity contribution in [3.8, 4) is 17.0 Å². The van der Waals surface area contributed by atoms with Crippen LogP contribution in [0.2, 0.25) is 0 Å². The SMILES string of the molecule is CCOc1cc(-c2cc(NCCc3ccc(Br)cc3F)ncn2)ccc1C(=O)O. The Bertz CT molecular complexity index is 1030. The smallest absolute Gasteiger partial charge is 0.339 e. The molecule has 0 fully saturated rings. The van der Waals surface area contributed by atoms with Gasteiger partial charge in [0.1, 0.15) is 29.3 Å². The standard InChI is InChI=1S/C21H19BrFN3O3/c1-2-29-19-9-14(4-6-16(19)21(27)28)18-11-20(26-12-25-18)24-8-7-13-3-5-15(22)10-17(13)23/h3-6,9-12H,2,7-8H2,1H3,(H,27,28)(H,24,25,26). The number of carbonyl (C=O) groups is 1. The number of benzene rings is 2. The predicted octanol–water partition coefficient (Wildman–Crippen LogP) is 4.80. The quantitative estimate of drug-likeness (QED) is 0.503. The van der Waals surface area contributed by atoms with Crippen LogP contribution in [0.25, 0.3) is 11.3 Å². The number of rotatable bonds is 8. The van der Waals surface area contributed by atoms with Gasteiger partial charge in [-0.25, -0.2) is 19.2 Å². The zero-order valence-electron chi connectivity index (χ0n) is 15.7. The molecule has 0 bridgehead atoms. The maximum atomic E-state index is 13.9. The molecule has 1 heterocycles. The molecule has 0 aliphatic heterocycles. The first-order valence-electron chi connectivity index (χ1n) is 8.98. The lowest BCUT2D eigenvalue weighted by atomic mass is 10.1. The van der Waals surface area contributed by atoms with E-state index in [0.29, 0.717) is 46.7 Å². The number of aromatic nitrogens is 2. The second-order valence-electron chi connectivity index (χ2n) is 6.15. The number of carboxylic acid groups (broad SMARTS) is 1. The fraction of sp³-hybridized carbons (Fsp3) is 0.190. The second-order valence-corrected chi connectivity index (χ2v) is 7.07. The Morgan fingerprint density at radius 2 is 2.03 bits per heavy atom. The van der Waals surface area contributed by atoms with Crippen LogP contribution in [0.5, 0.6) is 5.75 Å². The summed E-state index contributed by atoms with van der Waals surface area (Å²) in [5.41, 5.74) is 2.04. The van der Waals surface area contributed by atoms with Gasteiger partial charge in [0.25, 0.3) is 0 Å². The summed E-state index contributed by atoms with van der Waals surface area (Å²) in [7, 11) is 0. The molecule has 2 aromatic carbocycles. The van der Waals surface area contributed by atoms with E-state index in [2.05, 4.69) is 31.2 Å². The minimum atomic E-state index is -1.05. The summed E-state index contributed by atoms with van der Waals surface area (Å²) in [6.45, 7) is 2.64. The van der Waals surface area contributed by atoms with E-state index in [1.54, 1.807) is 37.3 Å². The molecule has 0 unspecified atom stereocenters. The summed E-state index contributed by atoms with van der Waals surface area (Å²) in [6.07, 6.45) is 1.92. The van der Waals surface area contributed by atoms with Gasteiger partial charge in [0.05, 0.1) is 12.3 Å². The summed E-state index contributed by atoms with van der Waals surface area (Å²) in [6, 6.07) is 11.6. The van der Waals surface area contributed by atoms with E-state index in [1.165, 1.54) is 18.5 Å². The van der Waals surface area contributed by atoms with Gasteiger partial charge in [0.2, 0.25) is 0 Å². The van der Waals surface area contributed by atoms with Crippen LogP contribution in [-0.4, -0.2) is 34.2 Å². The highest BCUT2D eigenvalue weighted by atomic mass is 79.9. The van der Waals surface area contributed by atoms with Crippen molar-refractivity contribution in [1.82, 2.24) is 9.97 Å². The summed E-state index contributed by atoms with van der Waals surface area (Å²) >= 11 is 3.24. The first-order chi connectivity index (χ1) is 14.0. The van der Waals surface area contributed by atoms with E-state index in [0.717, 1.165) is 0 Å².